The summed E-state index contributed by atoms with van der Waals surface area (Å²) in [7, 11) is 0. The Morgan fingerprint density at radius 3 is 2.37 bits per heavy atom. The molecule has 0 atom stereocenters. The van der Waals surface area contributed by atoms with Gasteiger partial charge in [-0.1, -0.05) is 30.3 Å². The van der Waals surface area contributed by atoms with Crippen molar-refractivity contribution in [3.8, 4) is 16.5 Å². The monoisotopic (exact) mass is 376 g/mol. The molecule has 0 spiro atoms. The fourth-order valence-corrected chi connectivity index (χ4v) is 3.64. The van der Waals surface area contributed by atoms with Crippen LogP contribution in [0.1, 0.15) is 16.0 Å². The van der Waals surface area contributed by atoms with Crippen molar-refractivity contribution in [2.45, 2.75) is 13.8 Å². The van der Waals surface area contributed by atoms with Crippen molar-refractivity contribution in [2.75, 3.05) is 5.32 Å². The minimum Gasteiger partial charge on any atom is -0.321 e. The van der Waals surface area contributed by atoms with Gasteiger partial charge in [0, 0.05) is 15.4 Å². The van der Waals surface area contributed by atoms with Gasteiger partial charge in [-0.05, 0) is 60.9 Å². The Labute approximate surface area is 161 Å². The summed E-state index contributed by atoms with van der Waals surface area (Å²) in [5.74, 6) is -0.725. The Morgan fingerprint density at radius 2 is 1.74 bits per heavy atom. The van der Waals surface area contributed by atoms with Crippen LogP contribution in [-0.4, -0.2) is 5.91 Å². The number of amides is 1. The van der Waals surface area contributed by atoms with Gasteiger partial charge in [0.2, 0.25) is 0 Å². The summed E-state index contributed by atoms with van der Waals surface area (Å²) >= 11 is 1.44. The third-order valence-electron chi connectivity index (χ3n) is 4.13. The Hall–Kier alpha value is -3.23. The highest BCUT2D eigenvalue weighted by atomic mass is 32.1. The third-order valence-corrected chi connectivity index (χ3v) is 5.21. The number of benzene rings is 2. The molecule has 0 aliphatic heterocycles. The lowest BCUT2D eigenvalue weighted by Gasteiger charge is -2.10. The number of aryl methyl sites for hydroxylation is 2. The fourth-order valence-electron chi connectivity index (χ4n) is 2.68. The van der Waals surface area contributed by atoms with Crippen molar-refractivity contribution in [3.05, 3.63) is 82.0 Å². The summed E-state index contributed by atoms with van der Waals surface area (Å²) in [5.41, 5.74) is 3.53. The first-order valence-electron chi connectivity index (χ1n) is 8.33. The molecule has 3 nitrogen and oxygen atoms in total. The molecule has 0 aliphatic carbocycles. The van der Waals surface area contributed by atoms with Crippen molar-refractivity contribution in [1.29, 1.82) is 5.26 Å². The molecular weight excluding hydrogens is 359 g/mol. The van der Waals surface area contributed by atoms with E-state index in [1.807, 2.05) is 50.2 Å². The number of thiophene rings is 1. The molecular formula is C22H17FN2OS. The van der Waals surface area contributed by atoms with Gasteiger partial charge in [-0.2, -0.15) is 5.26 Å². The van der Waals surface area contributed by atoms with E-state index in [-0.39, 0.29) is 11.4 Å². The molecule has 0 saturated heterocycles. The van der Waals surface area contributed by atoms with Crippen LogP contribution in [0.25, 0.3) is 16.5 Å². The minimum atomic E-state index is -0.438. The fraction of sp³-hybridized carbons (Fsp3) is 0.0909. The summed E-state index contributed by atoms with van der Waals surface area (Å²) in [4.78, 5) is 14.2. The second-order valence-electron chi connectivity index (χ2n) is 6.10. The van der Waals surface area contributed by atoms with Crippen LogP contribution in [0.2, 0.25) is 0 Å². The summed E-state index contributed by atoms with van der Waals surface area (Å²) < 4.78 is 13.1. The van der Waals surface area contributed by atoms with Crippen molar-refractivity contribution in [1.82, 2.24) is 0 Å². The number of rotatable bonds is 4. The van der Waals surface area contributed by atoms with Gasteiger partial charge in [-0.15, -0.1) is 11.3 Å². The number of carbonyl (C=O) groups excluding carboxylic acids is 1. The van der Waals surface area contributed by atoms with Crippen LogP contribution in [0.15, 0.2) is 60.2 Å². The van der Waals surface area contributed by atoms with Gasteiger partial charge in [0.1, 0.15) is 17.5 Å². The maximum atomic E-state index is 13.1. The maximum absolute atomic E-state index is 13.1. The van der Waals surface area contributed by atoms with E-state index in [0.29, 0.717) is 0 Å². The van der Waals surface area contributed by atoms with E-state index in [2.05, 4.69) is 5.32 Å². The molecule has 0 fully saturated rings. The highest BCUT2D eigenvalue weighted by Gasteiger charge is 2.13. The lowest BCUT2D eigenvalue weighted by molar-refractivity contribution is -0.112. The molecule has 0 saturated carbocycles. The largest absolute Gasteiger partial charge is 0.321 e. The predicted octanol–water partition coefficient (Wildman–Crippen LogP) is 5.72. The number of para-hydroxylation sites is 1. The molecule has 27 heavy (non-hydrogen) atoms. The smallest absolute Gasteiger partial charge is 0.266 e. The number of nitrogens with one attached hydrogen (secondary N) is 1. The summed E-state index contributed by atoms with van der Waals surface area (Å²) in [6.07, 6.45) is 1.57. The van der Waals surface area contributed by atoms with Crippen molar-refractivity contribution >= 4 is 29.0 Å². The minimum absolute atomic E-state index is 0.0326. The maximum Gasteiger partial charge on any atom is 0.266 e. The van der Waals surface area contributed by atoms with Gasteiger partial charge in [-0.25, -0.2) is 4.39 Å². The van der Waals surface area contributed by atoms with Crippen molar-refractivity contribution in [3.63, 3.8) is 0 Å². The standard InChI is InChI=1S/C22H17FN2OS/c1-14-4-3-5-15(2)21(14)25-22(26)17(13-24)12-19-10-11-20(27-19)16-6-8-18(23)9-7-16/h3-12H,1-2H3,(H,25,26)/b17-12+. The Morgan fingerprint density at radius 1 is 1.07 bits per heavy atom. The highest BCUT2D eigenvalue weighted by molar-refractivity contribution is 7.16. The lowest BCUT2D eigenvalue weighted by Crippen LogP contribution is -2.15. The molecule has 1 aromatic heterocycles. The number of nitrogens with zero attached hydrogens (tertiary/aromatic N) is 1. The average molecular weight is 376 g/mol. The molecule has 1 heterocycles. The zero-order valence-electron chi connectivity index (χ0n) is 14.9. The van der Waals surface area contributed by atoms with Crippen LogP contribution in [0.4, 0.5) is 10.1 Å². The third kappa shape index (κ3) is 4.30. The molecule has 1 N–H and O–H groups in total. The van der Waals surface area contributed by atoms with Gasteiger partial charge in [0.25, 0.3) is 5.91 Å². The quantitative estimate of drug-likeness (QED) is 0.468. The molecule has 2 aromatic carbocycles. The van der Waals surface area contributed by atoms with Crippen LogP contribution in [0.5, 0.6) is 0 Å². The zero-order chi connectivity index (χ0) is 19.4. The van der Waals surface area contributed by atoms with Crippen molar-refractivity contribution < 1.29 is 9.18 Å². The Bertz CT molecular complexity index is 1040. The number of anilines is 1. The summed E-state index contributed by atoms with van der Waals surface area (Å²) in [5, 5.41) is 12.2. The van der Waals surface area contributed by atoms with Crippen molar-refractivity contribution in [2.24, 2.45) is 0 Å². The molecule has 134 valence electrons. The molecule has 1 amide bonds. The summed E-state index contributed by atoms with van der Waals surface area (Å²) in [6, 6.07) is 17.7. The number of carbonyl (C=O) groups is 1. The Kier molecular flexibility index (Phi) is 5.49. The number of halogens is 1. The Balaban J connectivity index is 1.83. The second kappa shape index (κ2) is 7.98. The topological polar surface area (TPSA) is 52.9 Å². The van der Waals surface area contributed by atoms with Gasteiger partial charge in [0.05, 0.1) is 0 Å². The molecule has 5 heteroatoms. The van der Waals surface area contributed by atoms with E-state index in [1.54, 1.807) is 18.2 Å². The van der Waals surface area contributed by atoms with Gasteiger partial charge < -0.3 is 5.32 Å². The van der Waals surface area contributed by atoms with Gasteiger partial charge >= 0.3 is 0 Å². The molecule has 0 unspecified atom stereocenters. The SMILES string of the molecule is Cc1cccc(C)c1NC(=O)/C(C#N)=C/c1ccc(-c2ccc(F)cc2)s1. The zero-order valence-corrected chi connectivity index (χ0v) is 15.7. The molecule has 3 rings (SSSR count). The van der Waals surface area contributed by atoms with E-state index in [0.717, 1.165) is 32.1 Å². The number of nitriles is 1. The summed E-state index contributed by atoms with van der Waals surface area (Å²) in [6.45, 7) is 3.82. The highest BCUT2D eigenvalue weighted by Crippen LogP contribution is 2.29. The molecule has 0 radical (unpaired) electrons. The van der Waals surface area contributed by atoms with E-state index in [9.17, 15) is 14.4 Å². The van der Waals surface area contributed by atoms with Gasteiger partial charge in [0.15, 0.2) is 0 Å². The van der Waals surface area contributed by atoms with E-state index >= 15 is 0 Å². The van der Waals surface area contributed by atoms with Crippen LogP contribution in [0, 0.1) is 31.0 Å². The average Bonchev–Trinajstić information content (AvgIpc) is 3.12. The van der Waals surface area contributed by atoms with Crippen LogP contribution < -0.4 is 5.32 Å². The second-order valence-corrected chi connectivity index (χ2v) is 7.22. The lowest BCUT2D eigenvalue weighted by atomic mass is 10.1. The van der Waals surface area contributed by atoms with E-state index in [1.165, 1.54) is 23.5 Å². The van der Waals surface area contributed by atoms with Crippen LogP contribution in [-0.2, 0) is 4.79 Å². The molecule has 0 bridgehead atoms. The first-order chi connectivity index (χ1) is 13.0. The first-order valence-corrected chi connectivity index (χ1v) is 9.14. The molecule has 0 aliphatic rings. The predicted molar refractivity (Wildman–Crippen MR) is 108 cm³/mol. The van der Waals surface area contributed by atoms with Gasteiger partial charge in [-0.3, -0.25) is 4.79 Å². The normalized spacial score (nSPS) is 11.1. The van der Waals surface area contributed by atoms with Crippen LogP contribution in [0.3, 0.4) is 0 Å². The first kappa shape index (κ1) is 18.6. The number of hydrogen-bond donors (Lipinski definition) is 1. The van der Waals surface area contributed by atoms with Crippen LogP contribution >= 0.6 is 11.3 Å². The molecule has 3 aromatic rings. The van der Waals surface area contributed by atoms with E-state index in [4.69, 9.17) is 0 Å². The number of hydrogen-bond acceptors (Lipinski definition) is 3. The van der Waals surface area contributed by atoms with E-state index < -0.39 is 5.91 Å².